The molecule has 0 fully saturated rings. The number of rotatable bonds is 3. The lowest BCUT2D eigenvalue weighted by Crippen LogP contribution is -1.96. The summed E-state index contributed by atoms with van der Waals surface area (Å²) in [6, 6.07) is 12.3. The fourth-order valence-corrected chi connectivity index (χ4v) is 1.42. The van der Waals surface area contributed by atoms with Crippen LogP contribution in [0.25, 0.3) is 0 Å². The summed E-state index contributed by atoms with van der Waals surface area (Å²) in [6.45, 7) is 2.95. The van der Waals surface area contributed by atoms with Crippen molar-refractivity contribution >= 4 is 0 Å². The van der Waals surface area contributed by atoms with Crippen LogP contribution >= 0.6 is 0 Å². The molecule has 2 nitrogen and oxygen atoms in total. The largest absolute Gasteiger partial charge is 0.263 e. The molecule has 14 heavy (non-hydrogen) atoms. The monoisotopic (exact) mass is 185 g/mol. The second-order valence-corrected chi connectivity index (χ2v) is 3.24. The molecule has 0 spiro atoms. The Morgan fingerprint density at radius 3 is 2.71 bits per heavy atom. The SMILES string of the molecule is CCn1[c]cc(Cc2ccccc2)n1. The van der Waals surface area contributed by atoms with Gasteiger partial charge in [0.1, 0.15) is 0 Å². The number of aromatic nitrogens is 2. The maximum atomic E-state index is 4.39. The van der Waals surface area contributed by atoms with Gasteiger partial charge >= 0.3 is 0 Å². The molecule has 0 unspecified atom stereocenters. The Labute approximate surface area is 84.2 Å². The Bertz CT molecular complexity index is 390. The third kappa shape index (κ3) is 2.02. The smallest absolute Gasteiger partial charge is 0.0866 e. The van der Waals surface area contributed by atoms with Gasteiger partial charge in [0.2, 0.25) is 0 Å². The van der Waals surface area contributed by atoms with Crippen molar-refractivity contribution in [3.8, 4) is 0 Å². The molecule has 2 aromatic rings. The van der Waals surface area contributed by atoms with E-state index in [1.807, 2.05) is 16.8 Å². The molecule has 1 aromatic carbocycles. The van der Waals surface area contributed by atoms with Gasteiger partial charge in [-0.05, 0) is 18.6 Å². The van der Waals surface area contributed by atoms with E-state index in [-0.39, 0.29) is 0 Å². The predicted molar refractivity (Wildman–Crippen MR) is 56.0 cm³/mol. The summed E-state index contributed by atoms with van der Waals surface area (Å²) in [5.74, 6) is 0. The Kier molecular flexibility index (Phi) is 2.63. The Hall–Kier alpha value is -1.57. The first-order chi connectivity index (χ1) is 6.88. The highest BCUT2D eigenvalue weighted by Crippen LogP contribution is 2.06. The Morgan fingerprint density at radius 2 is 2.07 bits per heavy atom. The zero-order valence-electron chi connectivity index (χ0n) is 8.27. The molecule has 2 rings (SSSR count). The number of nitrogens with zero attached hydrogens (tertiary/aromatic N) is 2. The van der Waals surface area contributed by atoms with Gasteiger partial charge in [-0.1, -0.05) is 30.3 Å². The third-order valence-corrected chi connectivity index (χ3v) is 2.16. The van der Waals surface area contributed by atoms with Crippen LogP contribution in [0.4, 0.5) is 0 Å². The van der Waals surface area contributed by atoms with Gasteiger partial charge < -0.3 is 0 Å². The lowest BCUT2D eigenvalue weighted by molar-refractivity contribution is 0.645. The average Bonchev–Trinajstić information content (AvgIpc) is 2.67. The molecule has 1 radical (unpaired) electrons. The average molecular weight is 185 g/mol. The number of hydrogen-bond donors (Lipinski definition) is 0. The van der Waals surface area contributed by atoms with Gasteiger partial charge in [0.25, 0.3) is 0 Å². The molecule has 71 valence electrons. The van der Waals surface area contributed by atoms with Gasteiger partial charge in [-0.25, -0.2) is 0 Å². The van der Waals surface area contributed by atoms with Gasteiger partial charge in [-0.3, -0.25) is 4.68 Å². The Balaban J connectivity index is 2.11. The summed E-state index contributed by atoms with van der Waals surface area (Å²) in [5, 5.41) is 4.39. The number of benzene rings is 1. The van der Waals surface area contributed by atoms with Crippen LogP contribution < -0.4 is 0 Å². The maximum absolute atomic E-state index is 4.39. The van der Waals surface area contributed by atoms with Gasteiger partial charge in [0.05, 0.1) is 11.9 Å². The Morgan fingerprint density at radius 1 is 1.29 bits per heavy atom. The van der Waals surface area contributed by atoms with Gasteiger partial charge in [0, 0.05) is 13.0 Å². The lowest BCUT2D eigenvalue weighted by atomic mass is 10.1. The topological polar surface area (TPSA) is 17.8 Å². The van der Waals surface area contributed by atoms with E-state index in [9.17, 15) is 0 Å². The fraction of sp³-hybridized carbons (Fsp3) is 0.250. The van der Waals surface area contributed by atoms with E-state index in [4.69, 9.17) is 0 Å². The van der Waals surface area contributed by atoms with Crippen LogP contribution in [0.2, 0.25) is 0 Å². The van der Waals surface area contributed by atoms with Crippen LogP contribution in [0.1, 0.15) is 18.2 Å². The molecule has 0 saturated carbocycles. The molecule has 1 heterocycles. The molecule has 0 aliphatic carbocycles. The zero-order chi connectivity index (χ0) is 9.80. The van der Waals surface area contributed by atoms with Crippen molar-refractivity contribution in [1.82, 2.24) is 9.78 Å². The zero-order valence-corrected chi connectivity index (χ0v) is 8.27. The van der Waals surface area contributed by atoms with Gasteiger partial charge in [-0.15, -0.1) is 0 Å². The molecule has 0 amide bonds. The summed E-state index contributed by atoms with van der Waals surface area (Å²) in [7, 11) is 0. The predicted octanol–water partition coefficient (Wildman–Crippen LogP) is 2.29. The van der Waals surface area contributed by atoms with E-state index in [2.05, 4.69) is 42.5 Å². The van der Waals surface area contributed by atoms with Crippen LogP contribution in [0.3, 0.4) is 0 Å². The third-order valence-electron chi connectivity index (χ3n) is 2.16. The molecule has 0 aliphatic heterocycles. The summed E-state index contributed by atoms with van der Waals surface area (Å²) in [5.41, 5.74) is 2.38. The maximum Gasteiger partial charge on any atom is 0.0866 e. The van der Waals surface area contributed by atoms with E-state index >= 15 is 0 Å². The van der Waals surface area contributed by atoms with Crippen molar-refractivity contribution in [2.24, 2.45) is 0 Å². The number of aryl methyl sites for hydroxylation is 1. The highest BCUT2D eigenvalue weighted by atomic mass is 15.3. The van der Waals surface area contributed by atoms with Crippen molar-refractivity contribution in [2.45, 2.75) is 19.9 Å². The summed E-state index contributed by atoms with van der Waals surface area (Å²) in [4.78, 5) is 0. The molecule has 1 aromatic heterocycles. The minimum absolute atomic E-state index is 0.884. The summed E-state index contributed by atoms with van der Waals surface area (Å²) < 4.78 is 1.83. The van der Waals surface area contributed by atoms with E-state index in [1.54, 1.807) is 0 Å². The molecule has 0 bridgehead atoms. The molecule has 0 saturated heterocycles. The van der Waals surface area contributed by atoms with Crippen LogP contribution in [-0.4, -0.2) is 9.78 Å². The minimum Gasteiger partial charge on any atom is -0.263 e. The van der Waals surface area contributed by atoms with E-state index in [0.717, 1.165) is 18.7 Å². The first kappa shape index (κ1) is 9.00. The van der Waals surface area contributed by atoms with E-state index in [0.29, 0.717) is 0 Å². The second kappa shape index (κ2) is 4.09. The highest BCUT2D eigenvalue weighted by Gasteiger charge is 1.99. The van der Waals surface area contributed by atoms with E-state index in [1.165, 1.54) is 5.56 Å². The first-order valence-corrected chi connectivity index (χ1v) is 4.87. The fourth-order valence-electron chi connectivity index (χ4n) is 1.42. The molecule has 0 aliphatic rings. The summed E-state index contributed by atoms with van der Waals surface area (Å²) >= 11 is 0. The molecular weight excluding hydrogens is 172 g/mol. The van der Waals surface area contributed by atoms with E-state index < -0.39 is 0 Å². The highest BCUT2D eigenvalue weighted by molar-refractivity contribution is 5.20. The van der Waals surface area contributed by atoms with Crippen LogP contribution in [0, 0.1) is 6.20 Å². The molecule has 0 N–H and O–H groups in total. The standard InChI is InChI=1S/C12H13N2/c1-2-14-9-8-12(13-14)10-11-6-4-3-5-7-11/h3-8H,2,10H2,1H3. The lowest BCUT2D eigenvalue weighted by Gasteiger charge is -1.97. The van der Waals surface area contributed by atoms with Crippen molar-refractivity contribution < 1.29 is 0 Å². The van der Waals surface area contributed by atoms with Crippen molar-refractivity contribution in [1.29, 1.82) is 0 Å². The quantitative estimate of drug-likeness (QED) is 0.717. The van der Waals surface area contributed by atoms with Crippen LogP contribution in [-0.2, 0) is 13.0 Å². The van der Waals surface area contributed by atoms with Crippen molar-refractivity contribution in [2.75, 3.05) is 0 Å². The molecular formula is C12H13N2. The summed E-state index contributed by atoms with van der Waals surface area (Å²) in [6.07, 6.45) is 3.97. The van der Waals surface area contributed by atoms with Gasteiger partial charge in [-0.2, -0.15) is 5.10 Å². The van der Waals surface area contributed by atoms with Crippen LogP contribution in [0.5, 0.6) is 0 Å². The van der Waals surface area contributed by atoms with Crippen molar-refractivity contribution in [3.05, 3.63) is 53.9 Å². The van der Waals surface area contributed by atoms with Crippen LogP contribution in [0.15, 0.2) is 36.4 Å². The first-order valence-electron chi connectivity index (χ1n) is 4.87. The number of hydrogen-bond acceptors (Lipinski definition) is 1. The molecule has 2 heteroatoms. The normalized spacial score (nSPS) is 10.4. The second-order valence-electron chi connectivity index (χ2n) is 3.24. The van der Waals surface area contributed by atoms with Gasteiger partial charge in [0.15, 0.2) is 0 Å². The molecule has 0 atom stereocenters. The van der Waals surface area contributed by atoms with Crippen molar-refractivity contribution in [3.63, 3.8) is 0 Å². The minimum atomic E-state index is 0.884.